The summed E-state index contributed by atoms with van der Waals surface area (Å²) in [6.45, 7) is 4.57. The van der Waals surface area contributed by atoms with Crippen molar-refractivity contribution >= 4 is 0 Å². The van der Waals surface area contributed by atoms with Crippen LogP contribution in [0.1, 0.15) is 12.8 Å². The maximum Gasteiger partial charge on any atom is 0.0294 e. The van der Waals surface area contributed by atoms with Gasteiger partial charge in [0.1, 0.15) is 0 Å². The van der Waals surface area contributed by atoms with Gasteiger partial charge in [0.25, 0.3) is 0 Å². The molecule has 1 saturated heterocycles. The van der Waals surface area contributed by atoms with Crippen LogP contribution < -0.4 is 5.32 Å². The van der Waals surface area contributed by atoms with Crippen LogP contribution in [-0.2, 0) is 0 Å². The molecule has 1 aliphatic carbocycles. The molecule has 2 aliphatic rings. The van der Waals surface area contributed by atoms with Gasteiger partial charge in [0.2, 0.25) is 0 Å². The van der Waals surface area contributed by atoms with E-state index in [4.69, 9.17) is 6.42 Å². The number of nitrogens with zero attached hydrogens (tertiary/aromatic N) is 1. The molecule has 0 aromatic carbocycles. The lowest BCUT2D eigenvalue weighted by Crippen LogP contribution is -2.47. The second-order valence-electron chi connectivity index (χ2n) is 3.73. The van der Waals surface area contributed by atoms with E-state index in [1.807, 2.05) is 0 Å². The average Bonchev–Trinajstić information content (AvgIpc) is 2.67. The van der Waals surface area contributed by atoms with Crippen molar-refractivity contribution in [1.29, 1.82) is 0 Å². The topological polar surface area (TPSA) is 15.3 Å². The van der Waals surface area contributed by atoms with E-state index >= 15 is 0 Å². The monoisotopic (exact) mass is 176 g/mol. The molecule has 0 radical (unpaired) electrons. The summed E-state index contributed by atoms with van der Waals surface area (Å²) in [6.07, 6.45) is 9.97. The first-order valence-corrected chi connectivity index (χ1v) is 5.02. The van der Waals surface area contributed by atoms with Crippen molar-refractivity contribution in [2.24, 2.45) is 0 Å². The highest BCUT2D eigenvalue weighted by Gasteiger charge is 2.22. The van der Waals surface area contributed by atoms with E-state index in [-0.39, 0.29) is 0 Å². The number of hydrogen-bond donors (Lipinski definition) is 1. The summed E-state index contributed by atoms with van der Waals surface area (Å²) in [6, 6.07) is 0.619. The summed E-state index contributed by atoms with van der Waals surface area (Å²) >= 11 is 0. The number of rotatable bonds is 1. The maximum absolute atomic E-state index is 5.38. The molecule has 2 nitrogen and oxygen atoms in total. The van der Waals surface area contributed by atoms with Gasteiger partial charge in [-0.15, -0.1) is 6.42 Å². The molecule has 0 aromatic rings. The van der Waals surface area contributed by atoms with Crippen molar-refractivity contribution in [3.05, 3.63) is 11.6 Å². The molecule has 1 heterocycles. The molecular formula is C11H16N2. The van der Waals surface area contributed by atoms with Crippen LogP contribution in [0.4, 0.5) is 0 Å². The fourth-order valence-corrected chi connectivity index (χ4v) is 2.12. The molecule has 1 unspecified atom stereocenters. The molecule has 1 atom stereocenters. The van der Waals surface area contributed by atoms with Gasteiger partial charge in [-0.05, 0) is 18.4 Å². The first kappa shape index (κ1) is 8.80. The first-order valence-electron chi connectivity index (χ1n) is 5.02. The fraction of sp³-hybridized carbons (Fsp3) is 0.636. The predicted octanol–water partition coefficient (Wildman–Crippen LogP) is 0.614. The molecule has 13 heavy (non-hydrogen) atoms. The molecule has 2 heteroatoms. The Balaban J connectivity index is 1.94. The van der Waals surface area contributed by atoms with E-state index in [9.17, 15) is 0 Å². The summed E-state index contributed by atoms with van der Waals surface area (Å²) in [5.41, 5.74) is 1.20. The summed E-state index contributed by atoms with van der Waals surface area (Å²) in [5, 5.41) is 3.36. The van der Waals surface area contributed by atoms with E-state index in [0.717, 1.165) is 19.5 Å². The van der Waals surface area contributed by atoms with Crippen molar-refractivity contribution in [3.8, 4) is 12.3 Å². The highest BCUT2D eigenvalue weighted by molar-refractivity contribution is 5.30. The molecular weight excluding hydrogens is 160 g/mol. The fourth-order valence-electron chi connectivity index (χ4n) is 2.12. The van der Waals surface area contributed by atoms with Crippen LogP contribution in [0.5, 0.6) is 0 Å². The molecule has 0 saturated carbocycles. The number of allylic oxidation sites excluding steroid dienone is 1. The van der Waals surface area contributed by atoms with Gasteiger partial charge in [-0.1, -0.05) is 12.0 Å². The van der Waals surface area contributed by atoms with Crippen molar-refractivity contribution in [2.45, 2.75) is 18.9 Å². The lowest BCUT2D eigenvalue weighted by Gasteiger charge is -2.31. The van der Waals surface area contributed by atoms with Crippen molar-refractivity contribution in [2.75, 3.05) is 26.2 Å². The van der Waals surface area contributed by atoms with Gasteiger partial charge in [-0.2, -0.15) is 0 Å². The Morgan fingerprint density at radius 2 is 2.23 bits per heavy atom. The van der Waals surface area contributed by atoms with Crippen molar-refractivity contribution < 1.29 is 0 Å². The van der Waals surface area contributed by atoms with Gasteiger partial charge < -0.3 is 5.32 Å². The quantitative estimate of drug-likeness (QED) is 0.589. The van der Waals surface area contributed by atoms with Gasteiger partial charge >= 0.3 is 0 Å². The van der Waals surface area contributed by atoms with Gasteiger partial charge in [0.05, 0.1) is 0 Å². The largest absolute Gasteiger partial charge is 0.314 e. The van der Waals surface area contributed by atoms with Crippen LogP contribution in [0.15, 0.2) is 11.6 Å². The second kappa shape index (κ2) is 3.95. The zero-order valence-corrected chi connectivity index (χ0v) is 7.92. The zero-order chi connectivity index (χ0) is 9.10. The van der Waals surface area contributed by atoms with Crippen LogP contribution in [0.3, 0.4) is 0 Å². The van der Waals surface area contributed by atoms with Crippen LogP contribution >= 0.6 is 0 Å². The van der Waals surface area contributed by atoms with Crippen molar-refractivity contribution in [3.63, 3.8) is 0 Å². The van der Waals surface area contributed by atoms with E-state index in [1.54, 1.807) is 0 Å². The smallest absolute Gasteiger partial charge is 0.0294 e. The van der Waals surface area contributed by atoms with E-state index < -0.39 is 0 Å². The maximum atomic E-state index is 5.38. The van der Waals surface area contributed by atoms with Crippen LogP contribution in [-0.4, -0.2) is 37.1 Å². The zero-order valence-electron chi connectivity index (χ0n) is 7.92. The molecule has 0 spiro atoms. The van der Waals surface area contributed by atoms with Gasteiger partial charge in [0, 0.05) is 32.2 Å². The molecule has 0 amide bonds. The molecule has 2 rings (SSSR count). The Kier molecular flexibility index (Phi) is 2.68. The Bertz CT molecular complexity index is 243. The number of nitrogens with one attached hydrogen (secondary N) is 1. The lowest BCUT2D eigenvalue weighted by molar-refractivity contribution is 0.200. The Labute approximate surface area is 80.0 Å². The minimum Gasteiger partial charge on any atom is -0.314 e. The highest BCUT2D eigenvalue weighted by atomic mass is 15.2. The third kappa shape index (κ3) is 1.93. The molecule has 1 aliphatic heterocycles. The SMILES string of the molecule is C#CC1=CC(N2CCNCC2)CC1. The average molecular weight is 176 g/mol. The van der Waals surface area contributed by atoms with Crippen molar-refractivity contribution in [1.82, 2.24) is 10.2 Å². The molecule has 70 valence electrons. The third-order valence-electron chi connectivity index (χ3n) is 2.91. The predicted molar refractivity (Wildman–Crippen MR) is 54.4 cm³/mol. The molecule has 0 bridgehead atoms. The molecule has 0 aromatic heterocycles. The van der Waals surface area contributed by atoms with Gasteiger partial charge in [-0.3, -0.25) is 4.90 Å². The van der Waals surface area contributed by atoms with Crippen LogP contribution in [0.2, 0.25) is 0 Å². The van der Waals surface area contributed by atoms with E-state index in [1.165, 1.54) is 25.1 Å². The molecule has 1 N–H and O–H groups in total. The van der Waals surface area contributed by atoms with Crippen LogP contribution in [0.25, 0.3) is 0 Å². The Morgan fingerprint density at radius 3 is 2.85 bits per heavy atom. The summed E-state index contributed by atoms with van der Waals surface area (Å²) in [5.74, 6) is 2.75. The third-order valence-corrected chi connectivity index (χ3v) is 2.91. The summed E-state index contributed by atoms with van der Waals surface area (Å²) in [4.78, 5) is 2.53. The minimum atomic E-state index is 0.619. The number of piperazine rings is 1. The second-order valence-corrected chi connectivity index (χ2v) is 3.73. The normalized spacial score (nSPS) is 29.8. The number of terminal acetylenes is 1. The van der Waals surface area contributed by atoms with Crippen LogP contribution in [0, 0.1) is 12.3 Å². The van der Waals surface area contributed by atoms with Gasteiger partial charge in [0.15, 0.2) is 0 Å². The Morgan fingerprint density at radius 1 is 1.46 bits per heavy atom. The van der Waals surface area contributed by atoms with Gasteiger partial charge in [-0.25, -0.2) is 0 Å². The van der Waals surface area contributed by atoms with E-state index in [2.05, 4.69) is 22.2 Å². The first-order chi connectivity index (χ1) is 6.40. The summed E-state index contributed by atoms with van der Waals surface area (Å²) in [7, 11) is 0. The lowest BCUT2D eigenvalue weighted by atomic mass is 10.2. The highest BCUT2D eigenvalue weighted by Crippen LogP contribution is 2.22. The number of hydrogen-bond acceptors (Lipinski definition) is 2. The van der Waals surface area contributed by atoms with E-state index in [0.29, 0.717) is 6.04 Å². The minimum absolute atomic E-state index is 0.619. The Hall–Kier alpha value is -0.780. The molecule has 1 fully saturated rings. The standard InChI is InChI=1S/C11H16N2/c1-2-10-3-4-11(9-10)13-7-5-12-6-8-13/h1,9,11-12H,3-8H2. The summed E-state index contributed by atoms with van der Waals surface area (Å²) < 4.78 is 0.